The third kappa shape index (κ3) is 2.34. The average Bonchev–Trinajstić information content (AvgIpc) is 2.97. The van der Waals surface area contributed by atoms with E-state index < -0.39 is 0 Å². The standard InChI is InChI=1S/C16H22N2O/c1-10-7-8-13(11(10)2)18-16(19)15-9-12-5-3-4-6-14(12)17-15/h3-6,10-11,13,15,17H,7-9H2,1-2H3,(H,18,19)/t10?,11?,13?,15-/m0/s1. The molecule has 3 nitrogen and oxygen atoms in total. The van der Waals surface area contributed by atoms with Crippen LogP contribution in [0.15, 0.2) is 24.3 Å². The minimum absolute atomic E-state index is 0.0968. The van der Waals surface area contributed by atoms with Crippen LogP contribution in [0.4, 0.5) is 5.69 Å². The van der Waals surface area contributed by atoms with E-state index in [1.54, 1.807) is 0 Å². The van der Waals surface area contributed by atoms with Gasteiger partial charge in [0, 0.05) is 18.2 Å². The van der Waals surface area contributed by atoms with Gasteiger partial charge in [-0.15, -0.1) is 0 Å². The predicted octanol–water partition coefficient (Wildman–Crippen LogP) is 2.57. The second-order valence-electron chi connectivity index (χ2n) is 6.09. The lowest BCUT2D eigenvalue weighted by Crippen LogP contribution is -2.45. The van der Waals surface area contributed by atoms with Crippen LogP contribution in [0.3, 0.4) is 0 Å². The Balaban J connectivity index is 1.61. The van der Waals surface area contributed by atoms with Gasteiger partial charge in [-0.1, -0.05) is 32.0 Å². The number of fused-ring (bicyclic) bond motifs is 1. The third-order valence-electron chi connectivity index (χ3n) is 4.88. The van der Waals surface area contributed by atoms with Crippen LogP contribution in [0.25, 0.3) is 0 Å². The van der Waals surface area contributed by atoms with Gasteiger partial charge in [0.2, 0.25) is 5.91 Å². The minimum Gasteiger partial charge on any atom is -0.373 e. The maximum absolute atomic E-state index is 12.3. The summed E-state index contributed by atoms with van der Waals surface area (Å²) in [5.41, 5.74) is 2.35. The van der Waals surface area contributed by atoms with Gasteiger partial charge in [0.1, 0.15) is 6.04 Å². The summed E-state index contributed by atoms with van der Waals surface area (Å²) in [4.78, 5) is 12.3. The second-order valence-corrected chi connectivity index (χ2v) is 6.09. The second kappa shape index (κ2) is 4.87. The van der Waals surface area contributed by atoms with Crippen LogP contribution in [0.1, 0.15) is 32.3 Å². The molecule has 1 aromatic carbocycles. The molecule has 19 heavy (non-hydrogen) atoms. The predicted molar refractivity (Wildman–Crippen MR) is 77.0 cm³/mol. The molecular formula is C16H22N2O. The first-order valence-electron chi connectivity index (χ1n) is 7.30. The molecule has 1 fully saturated rings. The van der Waals surface area contributed by atoms with Crippen molar-refractivity contribution in [3.8, 4) is 0 Å². The van der Waals surface area contributed by atoms with E-state index in [1.165, 1.54) is 12.0 Å². The van der Waals surface area contributed by atoms with Crippen LogP contribution in [0.2, 0.25) is 0 Å². The summed E-state index contributed by atoms with van der Waals surface area (Å²) in [5, 5.41) is 6.56. The quantitative estimate of drug-likeness (QED) is 0.856. The molecule has 0 spiro atoms. The minimum atomic E-state index is -0.0968. The first-order valence-corrected chi connectivity index (χ1v) is 7.30. The van der Waals surface area contributed by atoms with Crippen LogP contribution in [-0.2, 0) is 11.2 Å². The monoisotopic (exact) mass is 258 g/mol. The van der Waals surface area contributed by atoms with Gasteiger partial charge in [0.15, 0.2) is 0 Å². The number of para-hydroxylation sites is 1. The molecule has 0 saturated heterocycles. The number of nitrogens with one attached hydrogen (secondary N) is 2. The molecule has 1 saturated carbocycles. The maximum atomic E-state index is 12.3. The summed E-state index contributed by atoms with van der Waals surface area (Å²) in [7, 11) is 0. The number of hydrogen-bond acceptors (Lipinski definition) is 2. The summed E-state index contributed by atoms with van der Waals surface area (Å²) in [5.74, 6) is 1.47. The molecule has 3 rings (SSSR count). The van der Waals surface area contributed by atoms with E-state index in [4.69, 9.17) is 0 Å². The molecule has 1 aromatic rings. The van der Waals surface area contributed by atoms with E-state index in [2.05, 4.69) is 30.5 Å². The summed E-state index contributed by atoms with van der Waals surface area (Å²) in [6.45, 7) is 4.53. The SMILES string of the molecule is CC1CCC(NC(=O)[C@@H]2Cc3ccccc3N2)C1C. The van der Waals surface area contributed by atoms with E-state index in [9.17, 15) is 4.79 Å². The van der Waals surface area contributed by atoms with Crippen molar-refractivity contribution in [3.05, 3.63) is 29.8 Å². The van der Waals surface area contributed by atoms with Crippen LogP contribution in [0.5, 0.6) is 0 Å². The van der Waals surface area contributed by atoms with Gasteiger partial charge in [-0.2, -0.15) is 0 Å². The summed E-state index contributed by atoms with van der Waals surface area (Å²) < 4.78 is 0. The number of carbonyl (C=O) groups excluding carboxylic acids is 1. The molecule has 3 heteroatoms. The van der Waals surface area contributed by atoms with Gasteiger partial charge in [0.25, 0.3) is 0 Å². The highest BCUT2D eigenvalue weighted by Gasteiger charge is 2.33. The smallest absolute Gasteiger partial charge is 0.243 e. The van der Waals surface area contributed by atoms with Gasteiger partial charge >= 0.3 is 0 Å². The zero-order chi connectivity index (χ0) is 13.4. The van der Waals surface area contributed by atoms with E-state index in [1.807, 2.05) is 18.2 Å². The highest BCUT2D eigenvalue weighted by molar-refractivity contribution is 5.87. The highest BCUT2D eigenvalue weighted by Crippen LogP contribution is 2.31. The topological polar surface area (TPSA) is 41.1 Å². The Labute approximate surface area is 114 Å². The first-order chi connectivity index (χ1) is 9.15. The van der Waals surface area contributed by atoms with Crippen molar-refractivity contribution in [2.24, 2.45) is 11.8 Å². The lowest BCUT2D eigenvalue weighted by molar-refractivity contribution is -0.122. The number of hydrogen-bond donors (Lipinski definition) is 2. The van der Waals surface area contributed by atoms with Gasteiger partial charge in [0.05, 0.1) is 0 Å². The number of rotatable bonds is 2. The van der Waals surface area contributed by atoms with E-state index in [0.29, 0.717) is 12.0 Å². The van der Waals surface area contributed by atoms with Crippen molar-refractivity contribution in [2.75, 3.05) is 5.32 Å². The Morgan fingerprint density at radius 3 is 2.74 bits per heavy atom. The number of amides is 1. The molecule has 0 radical (unpaired) electrons. The molecule has 1 amide bonds. The van der Waals surface area contributed by atoms with Crippen molar-refractivity contribution < 1.29 is 4.79 Å². The fraction of sp³-hybridized carbons (Fsp3) is 0.562. The average molecular weight is 258 g/mol. The normalized spacial score (nSPS) is 32.7. The third-order valence-corrected chi connectivity index (χ3v) is 4.88. The van der Waals surface area contributed by atoms with E-state index >= 15 is 0 Å². The molecule has 1 aliphatic heterocycles. The molecule has 102 valence electrons. The molecule has 3 unspecified atom stereocenters. The van der Waals surface area contributed by atoms with Crippen molar-refractivity contribution in [1.82, 2.24) is 5.32 Å². The molecule has 0 aromatic heterocycles. The van der Waals surface area contributed by atoms with Gasteiger partial charge < -0.3 is 10.6 Å². The highest BCUT2D eigenvalue weighted by atomic mass is 16.2. The Hall–Kier alpha value is -1.51. The van der Waals surface area contributed by atoms with Crippen molar-refractivity contribution in [3.63, 3.8) is 0 Å². The lowest BCUT2D eigenvalue weighted by atomic mass is 9.97. The zero-order valence-corrected chi connectivity index (χ0v) is 11.6. The molecule has 1 heterocycles. The molecule has 2 aliphatic rings. The maximum Gasteiger partial charge on any atom is 0.243 e. The van der Waals surface area contributed by atoms with Crippen LogP contribution < -0.4 is 10.6 Å². The molecule has 0 bridgehead atoms. The Morgan fingerprint density at radius 1 is 1.26 bits per heavy atom. The summed E-state index contributed by atoms with van der Waals surface area (Å²) in [6, 6.07) is 8.43. The number of anilines is 1. The van der Waals surface area contributed by atoms with Crippen molar-refractivity contribution in [2.45, 2.75) is 45.2 Å². The van der Waals surface area contributed by atoms with Crippen LogP contribution >= 0.6 is 0 Å². The molecule has 4 atom stereocenters. The number of benzene rings is 1. The molecule has 2 N–H and O–H groups in total. The Bertz CT molecular complexity index is 460. The summed E-state index contributed by atoms with van der Waals surface area (Å²) >= 11 is 0. The lowest BCUT2D eigenvalue weighted by Gasteiger charge is -2.22. The van der Waals surface area contributed by atoms with Crippen LogP contribution in [-0.4, -0.2) is 18.0 Å². The first kappa shape index (κ1) is 12.5. The fourth-order valence-corrected chi connectivity index (χ4v) is 3.31. The zero-order valence-electron chi connectivity index (χ0n) is 11.6. The fourth-order valence-electron chi connectivity index (χ4n) is 3.31. The number of carbonyl (C=O) groups is 1. The molecule has 1 aliphatic carbocycles. The van der Waals surface area contributed by atoms with E-state index in [0.717, 1.165) is 24.4 Å². The van der Waals surface area contributed by atoms with Crippen molar-refractivity contribution >= 4 is 11.6 Å². The van der Waals surface area contributed by atoms with Gasteiger partial charge in [-0.25, -0.2) is 0 Å². The summed E-state index contributed by atoms with van der Waals surface area (Å²) in [6.07, 6.45) is 3.15. The van der Waals surface area contributed by atoms with Gasteiger partial charge in [-0.3, -0.25) is 4.79 Å². The Morgan fingerprint density at radius 2 is 2.05 bits per heavy atom. The van der Waals surface area contributed by atoms with Crippen LogP contribution in [0, 0.1) is 11.8 Å². The van der Waals surface area contributed by atoms with E-state index in [-0.39, 0.29) is 11.9 Å². The largest absolute Gasteiger partial charge is 0.373 e. The van der Waals surface area contributed by atoms with Gasteiger partial charge in [-0.05, 0) is 36.3 Å². The Kier molecular flexibility index (Phi) is 3.21. The van der Waals surface area contributed by atoms with Crippen molar-refractivity contribution in [1.29, 1.82) is 0 Å². The molecular weight excluding hydrogens is 236 g/mol.